The number of nitrogens with one attached hydrogen (secondary N) is 1. The molecule has 0 saturated carbocycles. The molecule has 2 aromatic heterocycles. The van der Waals surface area contributed by atoms with E-state index >= 15 is 0 Å². The number of aromatic amines is 1. The number of esters is 1. The van der Waals surface area contributed by atoms with Gasteiger partial charge in [0.1, 0.15) is 4.88 Å². The molecule has 1 N–H and O–H groups in total. The van der Waals surface area contributed by atoms with Crippen LogP contribution in [0.3, 0.4) is 0 Å². The van der Waals surface area contributed by atoms with Gasteiger partial charge in [0.05, 0.1) is 0 Å². The summed E-state index contributed by atoms with van der Waals surface area (Å²) in [6, 6.07) is 9.60. The van der Waals surface area contributed by atoms with E-state index in [2.05, 4.69) is 11.9 Å². The third kappa shape index (κ3) is 3.07. The molecule has 1 aromatic carbocycles. The van der Waals surface area contributed by atoms with E-state index in [0.717, 1.165) is 29.4 Å². The van der Waals surface area contributed by atoms with Gasteiger partial charge in [-0.25, -0.2) is 4.79 Å². The summed E-state index contributed by atoms with van der Waals surface area (Å²) in [5.74, 6) is 0.0820. The van der Waals surface area contributed by atoms with E-state index in [0.29, 0.717) is 16.4 Å². The molecule has 1 aliphatic carbocycles. The molecule has 1 atom stereocenters. The van der Waals surface area contributed by atoms with Crippen LogP contribution in [0.1, 0.15) is 49.5 Å². The van der Waals surface area contributed by atoms with Crippen LogP contribution in [0.2, 0.25) is 0 Å². The Morgan fingerprint density at radius 2 is 2.12 bits per heavy atom. The van der Waals surface area contributed by atoms with Crippen LogP contribution >= 0.6 is 11.3 Å². The Bertz CT molecular complexity index is 998. The number of thiophene rings is 1. The van der Waals surface area contributed by atoms with E-state index in [1.807, 2.05) is 37.3 Å². The highest BCUT2D eigenvalue weighted by Gasteiger charge is 2.23. The molecule has 0 saturated heterocycles. The number of aromatic nitrogens is 1. The number of Topliss-reactive ketones (excluding diaryl/α,β-unsaturated/α-hetero) is 1. The number of ketones is 1. The van der Waals surface area contributed by atoms with Crippen LogP contribution in [-0.4, -0.2) is 23.3 Å². The summed E-state index contributed by atoms with van der Waals surface area (Å²) in [6.07, 6.45) is 3.22. The van der Waals surface area contributed by atoms with Crippen LogP contribution in [-0.2, 0) is 17.6 Å². The maximum absolute atomic E-state index is 12.6. The van der Waals surface area contributed by atoms with Gasteiger partial charge < -0.3 is 9.72 Å². The van der Waals surface area contributed by atoms with Crippen molar-refractivity contribution in [2.24, 2.45) is 5.92 Å². The molecule has 5 heteroatoms. The normalized spacial score (nSPS) is 16.5. The van der Waals surface area contributed by atoms with Gasteiger partial charge in [0.2, 0.25) is 5.78 Å². The standard InChI is InChI=1S/C21H21NO3S/c1-12-7-8-18-14(9-12)10-19(26-18)21(24)25-11-17(23)20-13(2)22-16-6-4-3-5-15(16)20/h3-6,10,12,22H,7-9,11H2,1-2H3/t12-/m1/s1. The fourth-order valence-electron chi connectivity index (χ4n) is 3.72. The van der Waals surface area contributed by atoms with Gasteiger partial charge in [0.15, 0.2) is 6.61 Å². The number of carbonyl (C=O) groups excluding carboxylic acids is 2. The first-order chi connectivity index (χ1) is 12.5. The summed E-state index contributed by atoms with van der Waals surface area (Å²) >= 11 is 1.51. The van der Waals surface area contributed by atoms with Gasteiger partial charge >= 0.3 is 5.97 Å². The number of H-pyrrole nitrogens is 1. The molecule has 0 aliphatic heterocycles. The van der Waals surface area contributed by atoms with Crippen molar-refractivity contribution in [3.63, 3.8) is 0 Å². The van der Waals surface area contributed by atoms with Crippen molar-refractivity contribution >= 4 is 34.0 Å². The number of fused-ring (bicyclic) bond motifs is 2. The van der Waals surface area contributed by atoms with E-state index in [4.69, 9.17) is 4.74 Å². The van der Waals surface area contributed by atoms with Crippen molar-refractivity contribution in [3.05, 3.63) is 56.9 Å². The maximum Gasteiger partial charge on any atom is 0.348 e. The zero-order valence-electron chi connectivity index (χ0n) is 14.9. The topological polar surface area (TPSA) is 59.2 Å². The van der Waals surface area contributed by atoms with Crippen molar-refractivity contribution in [1.82, 2.24) is 4.98 Å². The average molecular weight is 367 g/mol. The minimum absolute atomic E-state index is 0.178. The lowest BCUT2D eigenvalue weighted by atomic mass is 9.90. The van der Waals surface area contributed by atoms with E-state index in [1.54, 1.807) is 0 Å². The first-order valence-electron chi connectivity index (χ1n) is 8.92. The number of carbonyl (C=O) groups is 2. The second-order valence-electron chi connectivity index (χ2n) is 7.08. The van der Waals surface area contributed by atoms with E-state index in [9.17, 15) is 9.59 Å². The minimum Gasteiger partial charge on any atom is -0.453 e. The molecule has 0 amide bonds. The fraction of sp³-hybridized carbons (Fsp3) is 0.333. The van der Waals surface area contributed by atoms with Crippen LogP contribution in [0.4, 0.5) is 0 Å². The van der Waals surface area contributed by atoms with Crippen molar-refractivity contribution < 1.29 is 14.3 Å². The highest BCUT2D eigenvalue weighted by atomic mass is 32.1. The predicted octanol–water partition coefficient (Wildman–Crippen LogP) is 4.70. The number of rotatable bonds is 4. The number of para-hydroxylation sites is 1. The SMILES string of the molecule is Cc1[nH]c2ccccc2c1C(=O)COC(=O)c1cc2c(s1)CC[C@@H](C)C2. The Kier molecular flexibility index (Phi) is 4.41. The predicted molar refractivity (Wildman–Crippen MR) is 103 cm³/mol. The van der Waals surface area contributed by atoms with Crippen molar-refractivity contribution in [1.29, 1.82) is 0 Å². The molecule has 26 heavy (non-hydrogen) atoms. The van der Waals surface area contributed by atoms with Crippen molar-refractivity contribution in [2.75, 3.05) is 6.61 Å². The Labute approximate surface area is 156 Å². The van der Waals surface area contributed by atoms with Crippen LogP contribution in [0, 0.1) is 12.8 Å². The molecule has 2 heterocycles. The fourth-order valence-corrected chi connectivity index (χ4v) is 4.82. The number of ether oxygens (including phenoxy) is 1. The lowest BCUT2D eigenvalue weighted by molar-refractivity contribution is 0.0479. The number of hydrogen-bond acceptors (Lipinski definition) is 4. The summed E-state index contributed by atoms with van der Waals surface area (Å²) in [5, 5.41) is 0.867. The summed E-state index contributed by atoms with van der Waals surface area (Å²) < 4.78 is 5.33. The molecule has 134 valence electrons. The lowest BCUT2D eigenvalue weighted by Gasteiger charge is -2.16. The Hall–Kier alpha value is -2.40. The van der Waals surface area contributed by atoms with Gasteiger partial charge in [-0.15, -0.1) is 11.3 Å². The third-order valence-electron chi connectivity index (χ3n) is 5.04. The van der Waals surface area contributed by atoms with Crippen LogP contribution in [0.25, 0.3) is 10.9 Å². The molecule has 0 radical (unpaired) electrons. The van der Waals surface area contributed by atoms with Gasteiger partial charge in [0, 0.05) is 27.0 Å². The zero-order chi connectivity index (χ0) is 18.3. The van der Waals surface area contributed by atoms with E-state index in [-0.39, 0.29) is 12.4 Å². The van der Waals surface area contributed by atoms with Crippen LogP contribution < -0.4 is 0 Å². The largest absolute Gasteiger partial charge is 0.453 e. The van der Waals surface area contributed by atoms with Crippen molar-refractivity contribution in [3.8, 4) is 0 Å². The number of aryl methyl sites for hydroxylation is 2. The molecular weight excluding hydrogens is 346 g/mol. The monoisotopic (exact) mass is 367 g/mol. The van der Waals surface area contributed by atoms with Crippen LogP contribution in [0.5, 0.6) is 0 Å². The number of hydrogen-bond donors (Lipinski definition) is 1. The maximum atomic E-state index is 12.6. The summed E-state index contributed by atoms with van der Waals surface area (Å²) in [6.45, 7) is 3.87. The molecule has 0 unspecified atom stereocenters. The Balaban J connectivity index is 1.47. The lowest BCUT2D eigenvalue weighted by Crippen LogP contribution is -2.14. The second-order valence-corrected chi connectivity index (χ2v) is 8.21. The summed E-state index contributed by atoms with van der Waals surface area (Å²) in [4.78, 5) is 30.1. The zero-order valence-corrected chi connectivity index (χ0v) is 15.7. The van der Waals surface area contributed by atoms with Gasteiger partial charge in [-0.3, -0.25) is 4.79 Å². The molecule has 4 nitrogen and oxygen atoms in total. The smallest absolute Gasteiger partial charge is 0.348 e. The molecule has 4 rings (SSSR count). The first-order valence-corrected chi connectivity index (χ1v) is 9.74. The third-order valence-corrected chi connectivity index (χ3v) is 6.25. The van der Waals surface area contributed by atoms with E-state index in [1.165, 1.54) is 28.2 Å². The quantitative estimate of drug-likeness (QED) is 0.537. The van der Waals surface area contributed by atoms with Gasteiger partial charge in [-0.05, 0) is 49.8 Å². The summed E-state index contributed by atoms with van der Waals surface area (Å²) in [7, 11) is 0. The Morgan fingerprint density at radius 3 is 2.96 bits per heavy atom. The second kappa shape index (κ2) is 6.72. The van der Waals surface area contributed by atoms with Crippen LogP contribution in [0.15, 0.2) is 30.3 Å². The Morgan fingerprint density at radius 1 is 1.31 bits per heavy atom. The molecule has 1 aliphatic rings. The minimum atomic E-state index is -0.400. The molecule has 0 bridgehead atoms. The number of benzene rings is 1. The van der Waals surface area contributed by atoms with Gasteiger partial charge in [-0.1, -0.05) is 25.1 Å². The van der Waals surface area contributed by atoms with Gasteiger partial charge in [-0.2, -0.15) is 0 Å². The molecular formula is C21H21NO3S. The molecule has 0 spiro atoms. The average Bonchev–Trinajstić information content (AvgIpc) is 3.18. The van der Waals surface area contributed by atoms with Gasteiger partial charge in [0.25, 0.3) is 0 Å². The highest BCUT2D eigenvalue weighted by Crippen LogP contribution is 2.32. The van der Waals surface area contributed by atoms with Crippen molar-refractivity contribution in [2.45, 2.75) is 33.1 Å². The molecule has 0 fully saturated rings. The highest BCUT2D eigenvalue weighted by molar-refractivity contribution is 7.14. The molecule has 3 aromatic rings. The van der Waals surface area contributed by atoms with E-state index < -0.39 is 5.97 Å². The first kappa shape index (κ1) is 17.0. The summed E-state index contributed by atoms with van der Waals surface area (Å²) in [5.41, 5.74) is 3.58.